The summed E-state index contributed by atoms with van der Waals surface area (Å²) >= 11 is 0. The standard InChI is InChI=1S/C19H25NO5/c1-12-11-14(24-2)3-4-15(12)18(21)20-8-5-13(6-9-20)17-16(19(22)23)7-10-25-17/h3-4,11,13,16-17H,5-10H2,1-2H3,(H,22,23)/t16?,17-/m0/s1. The van der Waals surface area contributed by atoms with E-state index in [0.29, 0.717) is 31.7 Å². The molecule has 0 bridgehead atoms. The lowest BCUT2D eigenvalue weighted by atomic mass is 9.84. The first-order valence-electron chi connectivity index (χ1n) is 8.79. The molecule has 136 valence electrons. The number of aryl methyl sites for hydroxylation is 1. The van der Waals surface area contributed by atoms with Crippen LogP contribution in [0.5, 0.6) is 5.75 Å². The van der Waals surface area contributed by atoms with Gasteiger partial charge < -0.3 is 19.5 Å². The molecule has 2 aliphatic rings. The summed E-state index contributed by atoms with van der Waals surface area (Å²) in [6, 6.07) is 5.48. The molecule has 2 saturated heterocycles. The minimum atomic E-state index is -0.769. The van der Waals surface area contributed by atoms with Gasteiger partial charge in [-0.1, -0.05) is 0 Å². The van der Waals surface area contributed by atoms with Crippen LogP contribution in [0.2, 0.25) is 0 Å². The molecule has 2 heterocycles. The number of amides is 1. The summed E-state index contributed by atoms with van der Waals surface area (Å²) in [5.41, 5.74) is 1.59. The highest BCUT2D eigenvalue weighted by molar-refractivity contribution is 5.95. The lowest BCUT2D eigenvalue weighted by molar-refractivity contribution is -0.145. The lowest BCUT2D eigenvalue weighted by Gasteiger charge is -2.35. The molecule has 0 spiro atoms. The van der Waals surface area contributed by atoms with E-state index >= 15 is 0 Å². The summed E-state index contributed by atoms with van der Waals surface area (Å²) in [4.78, 5) is 26.0. The third-order valence-corrected chi connectivity index (χ3v) is 5.41. The van der Waals surface area contributed by atoms with Crippen molar-refractivity contribution in [1.82, 2.24) is 4.90 Å². The smallest absolute Gasteiger partial charge is 0.309 e. The van der Waals surface area contributed by atoms with E-state index < -0.39 is 11.9 Å². The maximum atomic E-state index is 12.8. The number of likely N-dealkylation sites (tertiary alicyclic amines) is 1. The molecule has 0 radical (unpaired) electrons. The molecule has 0 aliphatic carbocycles. The van der Waals surface area contributed by atoms with E-state index in [9.17, 15) is 14.7 Å². The third-order valence-electron chi connectivity index (χ3n) is 5.41. The Balaban J connectivity index is 1.62. The first kappa shape index (κ1) is 17.7. The van der Waals surface area contributed by atoms with Crippen molar-refractivity contribution in [2.75, 3.05) is 26.8 Å². The first-order valence-corrected chi connectivity index (χ1v) is 8.79. The van der Waals surface area contributed by atoms with Gasteiger partial charge in [0.15, 0.2) is 0 Å². The van der Waals surface area contributed by atoms with Crippen molar-refractivity contribution in [1.29, 1.82) is 0 Å². The number of ether oxygens (including phenoxy) is 2. The van der Waals surface area contributed by atoms with Gasteiger partial charge >= 0.3 is 5.97 Å². The van der Waals surface area contributed by atoms with Crippen LogP contribution in [0.25, 0.3) is 0 Å². The number of benzene rings is 1. The van der Waals surface area contributed by atoms with Crippen LogP contribution in [0.15, 0.2) is 18.2 Å². The van der Waals surface area contributed by atoms with Gasteiger partial charge in [0.25, 0.3) is 5.91 Å². The van der Waals surface area contributed by atoms with Gasteiger partial charge in [-0.2, -0.15) is 0 Å². The molecule has 1 unspecified atom stereocenters. The van der Waals surface area contributed by atoms with E-state index in [1.807, 2.05) is 24.0 Å². The number of rotatable bonds is 4. The monoisotopic (exact) mass is 347 g/mol. The second kappa shape index (κ2) is 7.44. The second-order valence-electron chi connectivity index (χ2n) is 6.88. The molecule has 0 aromatic heterocycles. The van der Waals surface area contributed by atoms with Crippen molar-refractivity contribution in [3.63, 3.8) is 0 Å². The van der Waals surface area contributed by atoms with E-state index in [-0.39, 0.29) is 17.9 Å². The summed E-state index contributed by atoms with van der Waals surface area (Å²) in [6.45, 7) is 3.71. The fraction of sp³-hybridized carbons (Fsp3) is 0.579. The molecule has 1 N–H and O–H groups in total. The zero-order valence-electron chi connectivity index (χ0n) is 14.7. The van der Waals surface area contributed by atoms with Crippen molar-refractivity contribution in [2.24, 2.45) is 11.8 Å². The topological polar surface area (TPSA) is 76.1 Å². The summed E-state index contributed by atoms with van der Waals surface area (Å²) in [5.74, 6) is -0.192. The van der Waals surface area contributed by atoms with Gasteiger partial charge in [-0.05, 0) is 55.9 Å². The fourth-order valence-electron chi connectivity index (χ4n) is 3.94. The highest BCUT2D eigenvalue weighted by Gasteiger charge is 2.40. The number of carbonyl (C=O) groups excluding carboxylic acids is 1. The van der Waals surface area contributed by atoms with Gasteiger partial charge in [0.05, 0.1) is 19.1 Å². The molecule has 1 aromatic carbocycles. The molecule has 2 aliphatic heterocycles. The van der Waals surface area contributed by atoms with Crippen molar-refractivity contribution in [2.45, 2.75) is 32.3 Å². The summed E-state index contributed by atoms with van der Waals surface area (Å²) in [7, 11) is 1.61. The Morgan fingerprint density at radius 1 is 1.24 bits per heavy atom. The van der Waals surface area contributed by atoms with E-state index in [4.69, 9.17) is 9.47 Å². The van der Waals surface area contributed by atoms with Gasteiger partial charge in [-0.15, -0.1) is 0 Å². The van der Waals surface area contributed by atoms with Crippen molar-refractivity contribution in [3.05, 3.63) is 29.3 Å². The van der Waals surface area contributed by atoms with Crippen molar-refractivity contribution < 1.29 is 24.2 Å². The van der Waals surface area contributed by atoms with Crippen LogP contribution < -0.4 is 4.74 Å². The first-order chi connectivity index (χ1) is 12.0. The van der Waals surface area contributed by atoms with E-state index in [0.717, 1.165) is 24.2 Å². The van der Waals surface area contributed by atoms with Gasteiger partial charge in [0.2, 0.25) is 0 Å². The minimum absolute atomic E-state index is 0.0285. The SMILES string of the molecule is COc1ccc(C(=O)N2CCC([C@@H]3OCCC3C(=O)O)CC2)c(C)c1. The molecule has 6 nitrogen and oxygen atoms in total. The predicted octanol–water partition coefficient (Wildman–Crippen LogP) is 2.35. The average Bonchev–Trinajstić information content (AvgIpc) is 3.11. The van der Waals surface area contributed by atoms with E-state index in [1.54, 1.807) is 13.2 Å². The van der Waals surface area contributed by atoms with Crippen LogP contribution >= 0.6 is 0 Å². The van der Waals surface area contributed by atoms with Gasteiger partial charge in [-0.3, -0.25) is 9.59 Å². The van der Waals surface area contributed by atoms with Crippen LogP contribution in [0.4, 0.5) is 0 Å². The van der Waals surface area contributed by atoms with E-state index in [2.05, 4.69) is 0 Å². The van der Waals surface area contributed by atoms with E-state index in [1.165, 1.54) is 0 Å². The van der Waals surface area contributed by atoms with Gasteiger partial charge in [0, 0.05) is 25.3 Å². The average molecular weight is 347 g/mol. The third kappa shape index (κ3) is 3.63. The molecule has 0 saturated carbocycles. The molecule has 2 atom stereocenters. The number of carbonyl (C=O) groups is 2. The Bertz CT molecular complexity index is 651. The summed E-state index contributed by atoms with van der Waals surface area (Å²) in [5, 5.41) is 9.32. The summed E-state index contributed by atoms with van der Waals surface area (Å²) in [6.07, 6.45) is 1.95. The maximum Gasteiger partial charge on any atom is 0.309 e. The quantitative estimate of drug-likeness (QED) is 0.905. The second-order valence-corrected chi connectivity index (χ2v) is 6.88. The molecule has 3 rings (SSSR count). The normalized spacial score (nSPS) is 24.3. The predicted molar refractivity (Wildman–Crippen MR) is 91.8 cm³/mol. The summed E-state index contributed by atoms with van der Waals surface area (Å²) < 4.78 is 10.9. The largest absolute Gasteiger partial charge is 0.497 e. The van der Waals surface area contributed by atoms with Crippen LogP contribution in [-0.4, -0.2) is 54.8 Å². The number of methoxy groups -OCH3 is 1. The Morgan fingerprint density at radius 2 is 1.96 bits per heavy atom. The molecule has 1 amide bonds. The lowest BCUT2D eigenvalue weighted by Crippen LogP contribution is -2.43. The molecular formula is C19H25NO5. The highest BCUT2D eigenvalue weighted by Crippen LogP contribution is 2.33. The number of carboxylic acids is 1. The van der Waals surface area contributed by atoms with Gasteiger partial charge in [-0.25, -0.2) is 0 Å². The Kier molecular flexibility index (Phi) is 5.27. The highest BCUT2D eigenvalue weighted by atomic mass is 16.5. The van der Waals surface area contributed by atoms with Gasteiger partial charge in [0.1, 0.15) is 5.75 Å². The molecule has 1 aromatic rings. The molecule has 25 heavy (non-hydrogen) atoms. The Labute approximate surface area is 147 Å². The zero-order chi connectivity index (χ0) is 18.0. The maximum absolute atomic E-state index is 12.8. The number of carboxylic acid groups (broad SMARTS) is 1. The molecule has 6 heteroatoms. The molecule has 2 fully saturated rings. The Hall–Kier alpha value is -2.08. The number of piperidine rings is 1. The number of hydrogen-bond donors (Lipinski definition) is 1. The van der Waals surface area contributed by atoms with Crippen LogP contribution in [-0.2, 0) is 9.53 Å². The van der Waals surface area contributed by atoms with Crippen molar-refractivity contribution >= 4 is 11.9 Å². The number of aliphatic carboxylic acids is 1. The fourth-order valence-corrected chi connectivity index (χ4v) is 3.94. The van der Waals surface area contributed by atoms with Crippen molar-refractivity contribution in [3.8, 4) is 5.75 Å². The minimum Gasteiger partial charge on any atom is -0.497 e. The van der Waals surface area contributed by atoms with Crippen LogP contribution in [0.1, 0.15) is 35.2 Å². The van der Waals surface area contributed by atoms with Crippen LogP contribution in [0, 0.1) is 18.8 Å². The molecular weight excluding hydrogens is 322 g/mol. The zero-order valence-corrected chi connectivity index (χ0v) is 14.7. The number of hydrogen-bond acceptors (Lipinski definition) is 4. The number of nitrogens with zero attached hydrogens (tertiary/aromatic N) is 1. The Morgan fingerprint density at radius 3 is 2.56 bits per heavy atom. The van der Waals surface area contributed by atoms with Crippen LogP contribution in [0.3, 0.4) is 0 Å².